The molecule has 1 saturated carbocycles. The Morgan fingerprint density at radius 1 is 1.14 bits per heavy atom. The molecule has 1 fully saturated rings. The van der Waals surface area contributed by atoms with E-state index in [2.05, 4.69) is 10.6 Å². The Hall–Kier alpha value is -2.02. The van der Waals surface area contributed by atoms with Crippen LogP contribution in [0.4, 0.5) is 5.69 Å². The number of rotatable bonds is 7. The minimum atomic E-state index is -1.07. The molecule has 0 aliphatic heterocycles. The first-order chi connectivity index (χ1) is 10.4. The summed E-state index contributed by atoms with van der Waals surface area (Å²) in [6.07, 6.45) is 0.930. The number of carboxylic acid groups (broad SMARTS) is 1. The van der Waals surface area contributed by atoms with Gasteiger partial charge in [0.25, 0.3) is 0 Å². The third-order valence-corrected chi connectivity index (χ3v) is 4.27. The molecule has 1 aliphatic rings. The van der Waals surface area contributed by atoms with Gasteiger partial charge in [-0.05, 0) is 31.9 Å². The second-order valence-electron chi connectivity index (χ2n) is 5.34. The fourth-order valence-electron chi connectivity index (χ4n) is 1.89. The molecule has 0 aromatic heterocycles. The number of anilines is 1. The van der Waals surface area contributed by atoms with Gasteiger partial charge in [-0.3, -0.25) is 9.59 Å². The molecule has 22 heavy (non-hydrogen) atoms. The van der Waals surface area contributed by atoms with Crippen LogP contribution in [0.2, 0.25) is 0 Å². The number of nitrogens with one attached hydrogen (secondary N) is 2. The third kappa shape index (κ3) is 4.49. The normalized spacial score (nSPS) is 15.0. The average Bonchev–Trinajstić information content (AvgIpc) is 3.22. The highest BCUT2D eigenvalue weighted by molar-refractivity contribution is 8.00. The van der Waals surface area contributed by atoms with E-state index >= 15 is 0 Å². The van der Waals surface area contributed by atoms with Crippen molar-refractivity contribution in [2.45, 2.75) is 25.3 Å². The van der Waals surface area contributed by atoms with Gasteiger partial charge in [-0.2, -0.15) is 0 Å². The van der Waals surface area contributed by atoms with Crippen LogP contribution in [0.1, 0.15) is 18.4 Å². The van der Waals surface area contributed by atoms with E-state index in [9.17, 15) is 14.4 Å². The lowest BCUT2D eigenvalue weighted by molar-refractivity contribution is -0.142. The van der Waals surface area contributed by atoms with Crippen LogP contribution in [0.5, 0.6) is 0 Å². The number of hydrogen-bond acceptors (Lipinski definition) is 4. The lowest BCUT2D eigenvalue weighted by Crippen LogP contribution is -2.44. The zero-order chi connectivity index (χ0) is 16.2. The summed E-state index contributed by atoms with van der Waals surface area (Å²) in [6.45, 7) is 1.96. The van der Waals surface area contributed by atoms with Crippen molar-refractivity contribution in [1.29, 1.82) is 0 Å². The van der Waals surface area contributed by atoms with E-state index in [4.69, 9.17) is 5.11 Å². The summed E-state index contributed by atoms with van der Waals surface area (Å²) in [5.41, 5.74) is 0.752. The molecule has 1 aromatic carbocycles. The van der Waals surface area contributed by atoms with Crippen molar-refractivity contribution in [3.63, 3.8) is 0 Å². The highest BCUT2D eigenvalue weighted by atomic mass is 32.2. The molecular weight excluding hydrogens is 304 g/mol. The summed E-state index contributed by atoms with van der Waals surface area (Å²) >= 11 is 1.16. The molecule has 7 heteroatoms. The maximum atomic E-state index is 11.7. The summed E-state index contributed by atoms with van der Waals surface area (Å²) in [4.78, 5) is 34.3. The summed E-state index contributed by atoms with van der Waals surface area (Å²) in [5.74, 6) is -1.34. The fraction of sp³-hybridized carbons (Fsp3) is 0.400. The highest BCUT2D eigenvalue weighted by Gasteiger charge is 2.51. The van der Waals surface area contributed by atoms with Crippen molar-refractivity contribution in [2.24, 2.45) is 0 Å². The van der Waals surface area contributed by atoms with Crippen LogP contribution < -0.4 is 10.6 Å². The molecule has 0 unspecified atom stereocenters. The number of carboxylic acids is 1. The topological polar surface area (TPSA) is 95.5 Å². The summed E-state index contributed by atoms with van der Waals surface area (Å²) in [7, 11) is 0. The summed E-state index contributed by atoms with van der Waals surface area (Å²) < 4.78 is 0. The molecule has 118 valence electrons. The highest BCUT2D eigenvalue weighted by Crippen LogP contribution is 2.35. The van der Waals surface area contributed by atoms with Crippen molar-refractivity contribution in [2.75, 3.05) is 16.8 Å². The predicted octanol–water partition coefficient (Wildman–Crippen LogP) is 1.40. The Bertz CT molecular complexity index is 582. The first kappa shape index (κ1) is 16.4. The maximum absolute atomic E-state index is 11.7. The third-order valence-electron chi connectivity index (χ3n) is 3.34. The van der Waals surface area contributed by atoms with Gasteiger partial charge in [-0.25, -0.2) is 4.79 Å². The van der Waals surface area contributed by atoms with E-state index in [1.54, 1.807) is 0 Å². The number of carbonyl (C=O) groups excluding carboxylic acids is 2. The van der Waals surface area contributed by atoms with Gasteiger partial charge < -0.3 is 15.7 Å². The van der Waals surface area contributed by atoms with Crippen molar-refractivity contribution in [3.8, 4) is 0 Å². The van der Waals surface area contributed by atoms with Gasteiger partial charge >= 0.3 is 5.97 Å². The quantitative estimate of drug-likeness (QED) is 0.705. The van der Waals surface area contributed by atoms with Gasteiger partial charge in [0.2, 0.25) is 11.8 Å². The molecule has 0 radical (unpaired) electrons. The number of thioether (sulfide) groups is 1. The number of aryl methyl sites for hydroxylation is 1. The summed E-state index contributed by atoms with van der Waals surface area (Å²) in [5, 5.41) is 14.2. The maximum Gasteiger partial charge on any atom is 0.329 e. The van der Waals surface area contributed by atoms with Crippen LogP contribution in [-0.2, 0) is 14.4 Å². The summed E-state index contributed by atoms with van der Waals surface area (Å²) in [6, 6.07) is 7.43. The molecule has 1 aromatic rings. The second-order valence-corrected chi connectivity index (χ2v) is 6.33. The van der Waals surface area contributed by atoms with E-state index in [1.165, 1.54) is 0 Å². The van der Waals surface area contributed by atoms with E-state index in [0.717, 1.165) is 17.3 Å². The zero-order valence-corrected chi connectivity index (χ0v) is 13.0. The number of benzene rings is 1. The van der Waals surface area contributed by atoms with Crippen molar-refractivity contribution in [1.82, 2.24) is 5.32 Å². The Balaban J connectivity index is 1.67. The molecule has 6 nitrogen and oxygen atoms in total. The molecule has 1 aliphatic carbocycles. The van der Waals surface area contributed by atoms with E-state index in [-0.39, 0.29) is 23.3 Å². The Kier molecular flexibility index (Phi) is 5.07. The molecule has 2 amide bonds. The van der Waals surface area contributed by atoms with Crippen LogP contribution in [0.25, 0.3) is 0 Å². The minimum absolute atomic E-state index is 0.0658. The number of carbonyl (C=O) groups is 3. The number of hydrogen-bond donors (Lipinski definition) is 3. The van der Waals surface area contributed by atoms with Gasteiger partial charge in [0.1, 0.15) is 5.54 Å². The Labute approximate surface area is 132 Å². The lowest BCUT2D eigenvalue weighted by atomic mass is 10.2. The van der Waals surface area contributed by atoms with Crippen molar-refractivity contribution < 1.29 is 19.5 Å². The smallest absolute Gasteiger partial charge is 0.329 e. The molecular formula is C15H18N2O4S. The largest absolute Gasteiger partial charge is 0.480 e. The van der Waals surface area contributed by atoms with Crippen molar-refractivity contribution >= 4 is 35.2 Å². The minimum Gasteiger partial charge on any atom is -0.480 e. The van der Waals surface area contributed by atoms with Crippen LogP contribution in [0.3, 0.4) is 0 Å². The van der Waals surface area contributed by atoms with Crippen LogP contribution in [0.15, 0.2) is 24.3 Å². The molecule has 0 heterocycles. The predicted molar refractivity (Wildman–Crippen MR) is 84.9 cm³/mol. The van der Waals surface area contributed by atoms with Gasteiger partial charge in [-0.1, -0.05) is 17.7 Å². The van der Waals surface area contributed by atoms with Gasteiger partial charge in [-0.15, -0.1) is 11.8 Å². The van der Waals surface area contributed by atoms with Crippen LogP contribution >= 0.6 is 11.8 Å². The van der Waals surface area contributed by atoms with Gasteiger partial charge in [0.15, 0.2) is 0 Å². The number of aliphatic carboxylic acids is 1. The van der Waals surface area contributed by atoms with Crippen LogP contribution in [-0.4, -0.2) is 39.9 Å². The Morgan fingerprint density at radius 2 is 1.73 bits per heavy atom. The molecule has 0 atom stereocenters. The molecule has 0 bridgehead atoms. The average molecular weight is 322 g/mol. The van der Waals surface area contributed by atoms with E-state index < -0.39 is 11.5 Å². The van der Waals surface area contributed by atoms with Gasteiger partial charge in [0.05, 0.1) is 11.5 Å². The molecule has 3 N–H and O–H groups in total. The first-order valence-corrected chi connectivity index (χ1v) is 8.05. The molecule has 2 rings (SSSR count). The molecule has 0 saturated heterocycles. The van der Waals surface area contributed by atoms with E-state index in [0.29, 0.717) is 18.5 Å². The fourth-order valence-corrected chi connectivity index (χ4v) is 2.51. The Morgan fingerprint density at radius 3 is 2.27 bits per heavy atom. The monoisotopic (exact) mass is 322 g/mol. The number of amides is 2. The molecule has 0 spiro atoms. The standard InChI is InChI=1S/C15H18N2O4S/c1-10-2-4-11(5-3-10)16-12(18)8-22-9-13(19)17-15(6-7-15)14(20)21/h2-5H,6-9H2,1H3,(H,16,18)(H,17,19)(H,20,21). The zero-order valence-electron chi connectivity index (χ0n) is 12.2. The van der Waals surface area contributed by atoms with Crippen LogP contribution in [0, 0.1) is 6.92 Å². The lowest BCUT2D eigenvalue weighted by Gasteiger charge is -2.12. The van der Waals surface area contributed by atoms with Crippen molar-refractivity contribution in [3.05, 3.63) is 29.8 Å². The first-order valence-electron chi connectivity index (χ1n) is 6.90. The van der Waals surface area contributed by atoms with E-state index in [1.807, 2.05) is 31.2 Å². The SMILES string of the molecule is Cc1ccc(NC(=O)CSCC(=O)NC2(C(=O)O)CC2)cc1. The second kappa shape index (κ2) is 6.83. The van der Waals surface area contributed by atoms with Gasteiger partial charge in [0, 0.05) is 5.69 Å².